The van der Waals surface area contributed by atoms with E-state index >= 15 is 0 Å². The van der Waals surface area contributed by atoms with Crippen LogP contribution in [0.2, 0.25) is 0 Å². The van der Waals surface area contributed by atoms with Crippen molar-refractivity contribution in [2.24, 2.45) is 11.5 Å². The van der Waals surface area contributed by atoms with Crippen LogP contribution in [0.3, 0.4) is 0 Å². The Morgan fingerprint density at radius 2 is 2.13 bits per heavy atom. The monoisotopic (exact) mass is 207 g/mol. The SMILES string of the molecule is NCC=CC(N)c1ccccc1[N+](=O)[O-]. The molecule has 1 unspecified atom stereocenters. The molecule has 15 heavy (non-hydrogen) atoms. The molecule has 0 aromatic heterocycles. The smallest absolute Gasteiger partial charge is 0.274 e. The number of rotatable bonds is 4. The summed E-state index contributed by atoms with van der Waals surface area (Å²) in [6, 6.07) is 5.92. The van der Waals surface area contributed by atoms with Gasteiger partial charge in [0.25, 0.3) is 5.69 Å². The zero-order chi connectivity index (χ0) is 11.3. The molecule has 0 aliphatic heterocycles. The highest BCUT2D eigenvalue weighted by molar-refractivity contribution is 5.43. The first-order valence-electron chi connectivity index (χ1n) is 4.52. The van der Waals surface area contributed by atoms with Gasteiger partial charge in [-0.1, -0.05) is 30.4 Å². The fraction of sp³-hybridized carbons (Fsp3) is 0.200. The van der Waals surface area contributed by atoms with E-state index in [1.165, 1.54) is 6.07 Å². The number of nitrogens with zero attached hydrogens (tertiary/aromatic N) is 1. The molecule has 0 spiro atoms. The molecular weight excluding hydrogens is 194 g/mol. The van der Waals surface area contributed by atoms with E-state index < -0.39 is 11.0 Å². The summed E-state index contributed by atoms with van der Waals surface area (Å²) in [4.78, 5) is 10.3. The van der Waals surface area contributed by atoms with Gasteiger partial charge in [-0.15, -0.1) is 0 Å². The normalized spacial score (nSPS) is 12.9. The lowest BCUT2D eigenvalue weighted by atomic mass is 10.1. The van der Waals surface area contributed by atoms with Crippen LogP contribution in [0.4, 0.5) is 5.69 Å². The zero-order valence-corrected chi connectivity index (χ0v) is 8.17. The van der Waals surface area contributed by atoms with Crippen LogP contribution >= 0.6 is 0 Å². The average molecular weight is 207 g/mol. The van der Waals surface area contributed by atoms with Crippen molar-refractivity contribution in [2.45, 2.75) is 6.04 Å². The molecule has 0 fully saturated rings. The molecule has 0 aliphatic rings. The summed E-state index contributed by atoms with van der Waals surface area (Å²) in [6.07, 6.45) is 3.34. The number of hydrogen-bond donors (Lipinski definition) is 2. The Balaban J connectivity index is 3.02. The number of nitro groups is 1. The first-order valence-corrected chi connectivity index (χ1v) is 4.52. The molecule has 1 aromatic carbocycles. The molecule has 0 amide bonds. The minimum Gasteiger partial charge on any atom is -0.327 e. The van der Waals surface area contributed by atoms with Gasteiger partial charge in [0.2, 0.25) is 0 Å². The van der Waals surface area contributed by atoms with E-state index in [-0.39, 0.29) is 5.69 Å². The molecule has 1 rings (SSSR count). The van der Waals surface area contributed by atoms with E-state index in [0.29, 0.717) is 12.1 Å². The van der Waals surface area contributed by atoms with Crippen molar-refractivity contribution in [3.63, 3.8) is 0 Å². The van der Waals surface area contributed by atoms with Crippen molar-refractivity contribution in [1.29, 1.82) is 0 Å². The quantitative estimate of drug-likeness (QED) is 0.439. The van der Waals surface area contributed by atoms with Crippen LogP contribution in [-0.4, -0.2) is 11.5 Å². The number of nitro benzene ring substituents is 1. The summed E-state index contributed by atoms with van der Waals surface area (Å²) in [5.41, 5.74) is 11.6. The molecule has 0 radical (unpaired) electrons. The Morgan fingerprint density at radius 3 is 2.73 bits per heavy atom. The Labute approximate surface area is 87.5 Å². The molecule has 1 atom stereocenters. The van der Waals surface area contributed by atoms with E-state index in [2.05, 4.69) is 0 Å². The zero-order valence-electron chi connectivity index (χ0n) is 8.17. The molecule has 0 saturated carbocycles. The number of para-hydroxylation sites is 1. The second-order valence-corrected chi connectivity index (χ2v) is 3.01. The lowest BCUT2D eigenvalue weighted by Crippen LogP contribution is -2.10. The largest absolute Gasteiger partial charge is 0.327 e. The first-order chi connectivity index (χ1) is 7.16. The van der Waals surface area contributed by atoms with Crippen LogP contribution in [0.15, 0.2) is 36.4 Å². The predicted octanol–water partition coefficient (Wildman–Crippen LogP) is 1.11. The van der Waals surface area contributed by atoms with Gasteiger partial charge in [-0.05, 0) is 0 Å². The Hall–Kier alpha value is -1.72. The van der Waals surface area contributed by atoms with Crippen LogP contribution in [0.25, 0.3) is 0 Å². The average Bonchev–Trinajstić information content (AvgIpc) is 2.25. The van der Waals surface area contributed by atoms with E-state index in [9.17, 15) is 10.1 Å². The van der Waals surface area contributed by atoms with Crippen LogP contribution < -0.4 is 11.5 Å². The number of nitrogens with two attached hydrogens (primary N) is 2. The van der Waals surface area contributed by atoms with Crippen LogP contribution in [0.1, 0.15) is 11.6 Å². The Bertz CT molecular complexity index is 377. The standard InChI is InChI=1S/C10H13N3O2/c11-7-3-5-9(12)8-4-1-2-6-10(8)13(14)15/h1-6,9H,7,11-12H2. The minimum atomic E-state index is -0.491. The molecule has 0 heterocycles. The van der Waals surface area contributed by atoms with Crippen molar-refractivity contribution < 1.29 is 4.92 Å². The van der Waals surface area contributed by atoms with E-state index in [4.69, 9.17) is 11.5 Å². The van der Waals surface area contributed by atoms with Gasteiger partial charge in [0.05, 0.1) is 16.5 Å². The highest BCUT2D eigenvalue weighted by atomic mass is 16.6. The summed E-state index contributed by atoms with van der Waals surface area (Å²) in [6.45, 7) is 0.369. The third-order valence-corrected chi connectivity index (χ3v) is 1.97. The second kappa shape index (κ2) is 5.23. The van der Waals surface area contributed by atoms with Crippen molar-refractivity contribution in [3.8, 4) is 0 Å². The second-order valence-electron chi connectivity index (χ2n) is 3.01. The lowest BCUT2D eigenvalue weighted by Gasteiger charge is -2.06. The fourth-order valence-corrected chi connectivity index (χ4v) is 1.26. The van der Waals surface area contributed by atoms with Gasteiger partial charge < -0.3 is 11.5 Å². The number of hydrogen-bond acceptors (Lipinski definition) is 4. The van der Waals surface area contributed by atoms with Crippen molar-refractivity contribution in [1.82, 2.24) is 0 Å². The van der Waals surface area contributed by atoms with Gasteiger partial charge in [0, 0.05) is 12.6 Å². The molecule has 4 N–H and O–H groups in total. The van der Waals surface area contributed by atoms with E-state index in [1.54, 1.807) is 30.4 Å². The van der Waals surface area contributed by atoms with Gasteiger partial charge in [-0.25, -0.2) is 0 Å². The summed E-state index contributed by atoms with van der Waals surface area (Å²) >= 11 is 0. The Morgan fingerprint density at radius 1 is 1.47 bits per heavy atom. The van der Waals surface area contributed by atoms with Crippen molar-refractivity contribution >= 4 is 5.69 Å². The fourth-order valence-electron chi connectivity index (χ4n) is 1.26. The number of benzene rings is 1. The van der Waals surface area contributed by atoms with Gasteiger partial charge in [-0.3, -0.25) is 10.1 Å². The minimum absolute atomic E-state index is 0.0340. The van der Waals surface area contributed by atoms with Gasteiger partial charge in [0.15, 0.2) is 0 Å². The highest BCUT2D eigenvalue weighted by Crippen LogP contribution is 2.23. The molecule has 80 valence electrons. The molecule has 0 aliphatic carbocycles. The molecular formula is C10H13N3O2. The maximum absolute atomic E-state index is 10.7. The summed E-state index contributed by atoms with van der Waals surface area (Å²) in [7, 11) is 0. The van der Waals surface area contributed by atoms with E-state index in [1.807, 2.05) is 0 Å². The van der Waals surface area contributed by atoms with Crippen LogP contribution in [-0.2, 0) is 0 Å². The molecule has 0 bridgehead atoms. The van der Waals surface area contributed by atoms with E-state index in [0.717, 1.165) is 0 Å². The van der Waals surface area contributed by atoms with Crippen LogP contribution in [0.5, 0.6) is 0 Å². The summed E-state index contributed by atoms with van der Waals surface area (Å²) in [5, 5.41) is 10.7. The highest BCUT2D eigenvalue weighted by Gasteiger charge is 2.15. The molecule has 0 saturated heterocycles. The van der Waals surface area contributed by atoms with Gasteiger partial charge >= 0.3 is 0 Å². The van der Waals surface area contributed by atoms with Gasteiger partial charge in [0.1, 0.15) is 0 Å². The third-order valence-electron chi connectivity index (χ3n) is 1.97. The lowest BCUT2D eigenvalue weighted by molar-refractivity contribution is -0.385. The van der Waals surface area contributed by atoms with Crippen molar-refractivity contribution in [2.75, 3.05) is 6.54 Å². The maximum atomic E-state index is 10.7. The summed E-state index contributed by atoms with van der Waals surface area (Å²) < 4.78 is 0. The third kappa shape index (κ3) is 2.87. The van der Waals surface area contributed by atoms with Crippen molar-refractivity contribution in [3.05, 3.63) is 52.1 Å². The summed E-state index contributed by atoms with van der Waals surface area (Å²) in [5.74, 6) is 0. The molecule has 5 nitrogen and oxygen atoms in total. The Kier molecular flexibility index (Phi) is 3.96. The molecule has 5 heteroatoms. The molecule has 1 aromatic rings. The van der Waals surface area contributed by atoms with Gasteiger partial charge in [-0.2, -0.15) is 0 Å². The van der Waals surface area contributed by atoms with Crippen LogP contribution in [0, 0.1) is 10.1 Å². The predicted molar refractivity (Wildman–Crippen MR) is 58.2 cm³/mol. The first kappa shape index (κ1) is 11.4. The topological polar surface area (TPSA) is 95.2 Å². The maximum Gasteiger partial charge on any atom is 0.274 e.